The fourth-order valence-corrected chi connectivity index (χ4v) is 2.01. The summed E-state index contributed by atoms with van der Waals surface area (Å²) in [6, 6.07) is 6.35. The van der Waals surface area contributed by atoms with Gasteiger partial charge in [-0.25, -0.2) is 4.39 Å². The van der Waals surface area contributed by atoms with Gasteiger partial charge in [0.1, 0.15) is 12.1 Å². The molecule has 1 aliphatic carbocycles. The first-order valence-electron chi connectivity index (χ1n) is 4.54. The molecule has 0 aliphatic heterocycles. The average Bonchev–Trinajstić information content (AvgIpc) is 2.98. The van der Waals surface area contributed by atoms with Crippen molar-refractivity contribution >= 4 is 17.9 Å². The molecule has 1 aliphatic rings. The van der Waals surface area contributed by atoms with Gasteiger partial charge in [0.05, 0.1) is 5.38 Å². The van der Waals surface area contributed by atoms with Crippen LogP contribution in [0.15, 0.2) is 24.3 Å². The summed E-state index contributed by atoms with van der Waals surface area (Å²) >= 11 is 6.09. The van der Waals surface area contributed by atoms with E-state index < -0.39 is 10.8 Å². The van der Waals surface area contributed by atoms with E-state index in [2.05, 4.69) is 0 Å². The van der Waals surface area contributed by atoms with Crippen molar-refractivity contribution in [3.63, 3.8) is 0 Å². The molecule has 14 heavy (non-hydrogen) atoms. The standard InChI is InChI=1S/C11H10ClFO/c12-10(11(7-14)5-6-11)8-3-1-2-4-9(8)13/h1-4,7,10H,5-6H2. The SMILES string of the molecule is O=CC1(C(Cl)c2ccccc2F)CC1. The molecule has 74 valence electrons. The Hall–Kier alpha value is -0.890. The minimum Gasteiger partial charge on any atom is -0.303 e. The van der Waals surface area contributed by atoms with E-state index in [4.69, 9.17) is 11.6 Å². The summed E-state index contributed by atoms with van der Waals surface area (Å²) in [5, 5.41) is -0.527. The number of hydrogen-bond acceptors (Lipinski definition) is 1. The number of halogens is 2. The molecule has 1 fully saturated rings. The molecule has 0 spiro atoms. The van der Waals surface area contributed by atoms with Gasteiger partial charge < -0.3 is 4.79 Å². The maximum atomic E-state index is 13.3. The van der Waals surface area contributed by atoms with Crippen LogP contribution >= 0.6 is 11.6 Å². The molecule has 0 amide bonds. The Morgan fingerprint density at radius 3 is 2.57 bits per heavy atom. The molecule has 0 radical (unpaired) electrons. The highest BCUT2D eigenvalue weighted by Gasteiger charge is 2.50. The molecule has 1 nitrogen and oxygen atoms in total. The van der Waals surface area contributed by atoms with Gasteiger partial charge in [-0.2, -0.15) is 0 Å². The van der Waals surface area contributed by atoms with Gasteiger partial charge in [-0.1, -0.05) is 18.2 Å². The second-order valence-electron chi connectivity index (χ2n) is 3.74. The largest absolute Gasteiger partial charge is 0.303 e. The maximum absolute atomic E-state index is 13.3. The number of carbonyl (C=O) groups excluding carboxylic acids is 1. The Labute approximate surface area is 86.9 Å². The second-order valence-corrected chi connectivity index (χ2v) is 4.17. The van der Waals surface area contributed by atoms with Crippen LogP contribution in [0.3, 0.4) is 0 Å². The number of alkyl halides is 1. The summed E-state index contributed by atoms with van der Waals surface area (Å²) < 4.78 is 13.3. The Morgan fingerprint density at radius 2 is 2.07 bits per heavy atom. The van der Waals surface area contributed by atoms with Gasteiger partial charge in [-0.05, 0) is 18.9 Å². The van der Waals surface area contributed by atoms with E-state index in [-0.39, 0.29) is 5.82 Å². The van der Waals surface area contributed by atoms with Gasteiger partial charge in [-0.15, -0.1) is 11.6 Å². The highest BCUT2D eigenvalue weighted by Crippen LogP contribution is 2.56. The van der Waals surface area contributed by atoms with E-state index >= 15 is 0 Å². The molecule has 0 saturated heterocycles. The van der Waals surface area contributed by atoms with Gasteiger partial charge in [0.15, 0.2) is 0 Å². The third-order valence-corrected chi connectivity index (χ3v) is 3.41. The van der Waals surface area contributed by atoms with Crippen LogP contribution < -0.4 is 0 Å². The second kappa shape index (κ2) is 3.35. The van der Waals surface area contributed by atoms with Gasteiger partial charge in [0, 0.05) is 11.0 Å². The Bertz CT molecular complexity index is 360. The molecular weight excluding hydrogens is 203 g/mol. The molecule has 3 heteroatoms. The number of rotatable bonds is 3. The first-order chi connectivity index (χ1) is 6.69. The van der Waals surface area contributed by atoms with Crippen molar-refractivity contribution < 1.29 is 9.18 Å². The third-order valence-electron chi connectivity index (χ3n) is 2.75. The van der Waals surface area contributed by atoms with Crippen LogP contribution in [0.4, 0.5) is 4.39 Å². The molecule has 1 unspecified atom stereocenters. The summed E-state index contributed by atoms with van der Waals surface area (Å²) in [6.45, 7) is 0. The van der Waals surface area contributed by atoms with Crippen LogP contribution in [-0.2, 0) is 4.79 Å². The van der Waals surface area contributed by atoms with Gasteiger partial charge >= 0.3 is 0 Å². The Kier molecular flexibility index (Phi) is 2.31. The molecule has 1 aromatic carbocycles. The summed E-state index contributed by atoms with van der Waals surface area (Å²) in [7, 11) is 0. The third kappa shape index (κ3) is 1.44. The van der Waals surface area contributed by atoms with Crippen LogP contribution in [0.1, 0.15) is 23.8 Å². The predicted octanol–water partition coefficient (Wildman–Crippen LogP) is 3.08. The fourth-order valence-electron chi connectivity index (χ4n) is 1.57. The maximum Gasteiger partial charge on any atom is 0.127 e. The summed E-state index contributed by atoms with van der Waals surface area (Å²) in [5.74, 6) is -0.333. The van der Waals surface area contributed by atoms with Crippen LogP contribution in [0.5, 0.6) is 0 Å². The number of benzene rings is 1. The lowest BCUT2D eigenvalue weighted by molar-refractivity contribution is -0.112. The smallest absolute Gasteiger partial charge is 0.127 e. The lowest BCUT2D eigenvalue weighted by Gasteiger charge is -2.15. The van der Waals surface area contributed by atoms with E-state index in [1.54, 1.807) is 18.2 Å². The van der Waals surface area contributed by atoms with Crippen molar-refractivity contribution in [3.8, 4) is 0 Å². The van der Waals surface area contributed by atoms with Crippen LogP contribution in [-0.4, -0.2) is 6.29 Å². The Balaban J connectivity index is 2.32. The number of hydrogen-bond donors (Lipinski definition) is 0. The number of carbonyl (C=O) groups is 1. The van der Waals surface area contributed by atoms with E-state index in [9.17, 15) is 9.18 Å². The highest BCUT2D eigenvalue weighted by atomic mass is 35.5. The molecule has 0 heterocycles. The van der Waals surface area contributed by atoms with Crippen molar-refractivity contribution in [3.05, 3.63) is 35.6 Å². The fraction of sp³-hybridized carbons (Fsp3) is 0.364. The molecule has 1 aromatic rings. The van der Waals surface area contributed by atoms with Crippen LogP contribution in [0.2, 0.25) is 0 Å². The van der Waals surface area contributed by atoms with Crippen molar-refractivity contribution in [1.29, 1.82) is 0 Å². The van der Waals surface area contributed by atoms with Crippen molar-refractivity contribution in [2.24, 2.45) is 5.41 Å². The summed E-state index contributed by atoms with van der Waals surface area (Å²) in [5.41, 5.74) is -0.0808. The van der Waals surface area contributed by atoms with Crippen LogP contribution in [0.25, 0.3) is 0 Å². The van der Waals surface area contributed by atoms with Crippen molar-refractivity contribution in [2.75, 3.05) is 0 Å². The molecule has 0 aromatic heterocycles. The lowest BCUT2D eigenvalue weighted by Crippen LogP contribution is -2.11. The van der Waals surface area contributed by atoms with Gasteiger partial charge in [0.25, 0.3) is 0 Å². The molecular formula is C11H10ClFO. The first kappa shape index (κ1) is 9.66. The quantitative estimate of drug-likeness (QED) is 0.556. The highest BCUT2D eigenvalue weighted by molar-refractivity contribution is 6.22. The van der Waals surface area contributed by atoms with E-state index in [0.29, 0.717) is 5.56 Å². The van der Waals surface area contributed by atoms with Crippen molar-refractivity contribution in [2.45, 2.75) is 18.2 Å². The minimum atomic E-state index is -0.527. The molecule has 1 atom stereocenters. The Morgan fingerprint density at radius 1 is 1.43 bits per heavy atom. The molecule has 0 bridgehead atoms. The molecule has 1 saturated carbocycles. The lowest BCUT2D eigenvalue weighted by atomic mass is 9.97. The van der Waals surface area contributed by atoms with Gasteiger partial charge in [0.2, 0.25) is 0 Å². The summed E-state index contributed by atoms with van der Waals surface area (Å²) in [6.07, 6.45) is 2.38. The zero-order chi connectivity index (χ0) is 10.2. The minimum absolute atomic E-state index is 0.333. The monoisotopic (exact) mass is 212 g/mol. The van der Waals surface area contributed by atoms with E-state index in [1.165, 1.54) is 6.07 Å². The topological polar surface area (TPSA) is 17.1 Å². The predicted molar refractivity (Wildman–Crippen MR) is 52.7 cm³/mol. The first-order valence-corrected chi connectivity index (χ1v) is 4.98. The summed E-state index contributed by atoms with van der Waals surface area (Å²) in [4.78, 5) is 10.8. The normalized spacial score (nSPS) is 20.1. The van der Waals surface area contributed by atoms with E-state index in [1.807, 2.05) is 0 Å². The number of aldehydes is 1. The van der Waals surface area contributed by atoms with E-state index in [0.717, 1.165) is 19.1 Å². The zero-order valence-electron chi connectivity index (χ0n) is 7.54. The average molecular weight is 213 g/mol. The van der Waals surface area contributed by atoms with Gasteiger partial charge in [-0.3, -0.25) is 0 Å². The molecule has 2 rings (SSSR count). The van der Waals surface area contributed by atoms with Crippen LogP contribution in [0, 0.1) is 11.2 Å². The molecule has 0 N–H and O–H groups in total. The van der Waals surface area contributed by atoms with Crippen molar-refractivity contribution in [1.82, 2.24) is 0 Å². The zero-order valence-corrected chi connectivity index (χ0v) is 8.30.